The maximum atomic E-state index is 11.9. The number of ketones is 1. The third kappa shape index (κ3) is 4.32. The fraction of sp³-hybridized carbons (Fsp3) is 0.409. The van der Waals surface area contributed by atoms with Gasteiger partial charge in [-0.2, -0.15) is 4.98 Å². The van der Waals surface area contributed by atoms with Crippen LogP contribution in [-0.4, -0.2) is 42.1 Å². The summed E-state index contributed by atoms with van der Waals surface area (Å²) in [5.41, 5.74) is 1.86. The second-order valence-corrected chi connectivity index (χ2v) is 8.55. The molecule has 0 unspecified atom stereocenters. The molecular weight excluding hydrogens is 386 g/mol. The Labute approximate surface area is 174 Å². The van der Waals surface area contributed by atoms with Gasteiger partial charge in [-0.25, -0.2) is 4.98 Å². The lowest BCUT2D eigenvalue weighted by molar-refractivity contribution is -0.922. The zero-order valence-electron chi connectivity index (χ0n) is 17.1. The lowest BCUT2D eigenvalue weighted by atomic mass is 10.1. The van der Waals surface area contributed by atoms with Gasteiger partial charge < -0.3 is 14.4 Å². The first-order valence-corrected chi connectivity index (χ1v) is 10.9. The van der Waals surface area contributed by atoms with Gasteiger partial charge in [0.25, 0.3) is 0 Å². The van der Waals surface area contributed by atoms with Crippen LogP contribution in [0.4, 0.5) is 0 Å². The Morgan fingerprint density at radius 3 is 2.59 bits per heavy atom. The maximum Gasteiger partial charge on any atom is 0.231 e. The molecule has 152 valence electrons. The van der Waals surface area contributed by atoms with E-state index in [0.29, 0.717) is 23.6 Å². The van der Waals surface area contributed by atoms with Crippen LogP contribution in [0.2, 0.25) is 0 Å². The molecule has 0 atom stereocenters. The molecule has 0 spiro atoms. The minimum absolute atomic E-state index is 0.126. The topological polar surface area (TPSA) is 65.8 Å². The van der Waals surface area contributed by atoms with E-state index in [2.05, 4.69) is 13.8 Å². The van der Waals surface area contributed by atoms with E-state index in [-0.39, 0.29) is 5.78 Å². The van der Waals surface area contributed by atoms with Crippen LogP contribution in [0.3, 0.4) is 0 Å². The van der Waals surface area contributed by atoms with Crippen LogP contribution >= 0.6 is 11.3 Å². The first-order valence-electron chi connectivity index (χ1n) is 10.0. The number of hydrogen-bond donors (Lipinski definition) is 1. The molecule has 4 rings (SSSR count). The zero-order valence-corrected chi connectivity index (χ0v) is 17.9. The van der Waals surface area contributed by atoms with E-state index in [0.717, 1.165) is 54.5 Å². The van der Waals surface area contributed by atoms with Gasteiger partial charge >= 0.3 is 0 Å². The van der Waals surface area contributed by atoms with Gasteiger partial charge in [0.05, 0.1) is 18.6 Å². The fourth-order valence-corrected chi connectivity index (χ4v) is 4.53. The Balaban J connectivity index is 1.66. The van der Waals surface area contributed by atoms with E-state index in [1.807, 2.05) is 31.2 Å². The summed E-state index contributed by atoms with van der Waals surface area (Å²) < 4.78 is 11.6. The highest BCUT2D eigenvalue weighted by atomic mass is 32.1. The molecule has 1 N–H and O–H groups in total. The number of carbonyl (C=O) groups excluding carboxylic acids is 1. The van der Waals surface area contributed by atoms with Gasteiger partial charge in [0.2, 0.25) is 5.88 Å². The average molecular weight is 413 g/mol. The summed E-state index contributed by atoms with van der Waals surface area (Å²) in [6.45, 7) is 10.3. The number of fused-ring (bicyclic) bond motifs is 1. The molecule has 3 heterocycles. The average Bonchev–Trinajstić information content (AvgIpc) is 3.02. The summed E-state index contributed by atoms with van der Waals surface area (Å²) in [6.07, 6.45) is 0.493. The van der Waals surface area contributed by atoms with E-state index < -0.39 is 0 Å². The highest BCUT2D eigenvalue weighted by Crippen LogP contribution is 2.36. The van der Waals surface area contributed by atoms with Crippen molar-refractivity contribution in [2.75, 3.05) is 26.3 Å². The minimum atomic E-state index is 0.126. The molecule has 1 aliphatic rings. The first kappa shape index (κ1) is 19.9. The summed E-state index contributed by atoms with van der Waals surface area (Å²) in [4.78, 5) is 25.1. The van der Waals surface area contributed by atoms with Gasteiger partial charge in [0, 0.05) is 16.9 Å². The van der Waals surface area contributed by atoms with Crippen LogP contribution in [0, 0.1) is 13.8 Å². The summed E-state index contributed by atoms with van der Waals surface area (Å²) >= 11 is 1.68. The Morgan fingerprint density at radius 2 is 1.90 bits per heavy atom. The van der Waals surface area contributed by atoms with Gasteiger partial charge in [-0.15, -0.1) is 11.3 Å². The van der Waals surface area contributed by atoms with Crippen molar-refractivity contribution in [3.63, 3.8) is 0 Å². The highest BCUT2D eigenvalue weighted by molar-refractivity contribution is 7.18. The second-order valence-electron chi connectivity index (χ2n) is 7.35. The predicted molar refractivity (Wildman–Crippen MR) is 113 cm³/mol. The molecule has 3 aromatic rings. The van der Waals surface area contributed by atoms with Gasteiger partial charge in [-0.1, -0.05) is 6.92 Å². The number of hydrogen-bond acceptors (Lipinski definition) is 6. The molecule has 6 nitrogen and oxygen atoms in total. The first-order chi connectivity index (χ1) is 14.0. The Hall–Kier alpha value is -2.35. The number of carbonyl (C=O) groups is 1. The molecule has 0 bridgehead atoms. The van der Waals surface area contributed by atoms with Gasteiger partial charge in [-0.3, -0.25) is 4.79 Å². The third-order valence-electron chi connectivity index (χ3n) is 5.36. The normalized spacial score (nSPS) is 15.0. The van der Waals surface area contributed by atoms with Crippen molar-refractivity contribution in [1.82, 2.24) is 9.97 Å². The van der Waals surface area contributed by atoms with Crippen molar-refractivity contribution < 1.29 is 19.2 Å². The van der Waals surface area contributed by atoms with Gasteiger partial charge in [0.1, 0.15) is 30.2 Å². The number of quaternary nitrogens is 1. The molecule has 0 radical (unpaired) electrons. The van der Waals surface area contributed by atoms with Crippen molar-refractivity contribution >= 4 is 27.3 Å². The van der Waals surface area contributed by atoms with Crippen LogP contribution in [0.5, 0.6) is 11.6 Å². The number of ether oxygens (including phenoxy) is 2. The molecular formula is C22H26N3O3S+. The van der Waals surface area contributed by atoms with Crippen LogP contribution < -0.4 is 9.64 Å². The van der Waals surface area contributed by atoms with Crippen LogP contribution in [0.25, 0.3) is 10.2 Å². The third-order valence-corrected chi connectivity index (χ3v) is 6.46. The zero-order chi connectivity index (χ0) is 20.4. The van der Waals surface area contributed by atoms with Crippen LogP contribution in [0.15, 0.2) is 24.3 Å². The monoisotopic (exact) mass is 412 g/mol. The molecule has 0 aliphatic carbocycles. The summed E-state index contributed by atoms with van der Waals surface area (Å²) in [5.74, 6) is 2.18. The van der Waals surface area contributed by atoms with Gasteiger partial charge in [-0.05, 0) is 43.7 Å². The maximum absolute atomic E-state index is 11.9. The standard InChI is InChI=1S/C22H25N3O3S/c1-4-18(26)16-5-7-17(8-6-16)28-21-20-14(2)15(3)29-22(20)24-19(23-21)13-25-9-11-27-12-10-25/h5-8H,4,9-13H2,1-3H3/p+1. The minimum Gasteiger partial charge on any atom is -0.438 e. The molecule has 0 amide bonds. The Bertz CT molecular complexity index is 1020. The predicted octanol–water partition coefficient (Wildman–Crippen LogP) is 3.11. The van der Waals surface area contributed by atoms with E-state index in [1.54, 1.807) is 11.3 Å². The summed E-state index contributed by atoms with van der Waals surface area (Å²) in [5, 5.41) is 0.974. The Morgan fingerprint density at radius 1 is 1.17 bits per heavy atom. The molecule has 0 saturated carbocycles. The molecule has 7 heteroatoms. The van der Waals surface area contributed by atoms with Crippen molar-refractivity contribution in [1.29, 1.82) is 0 Å². The summed E-state index contributed by atoms with van der Waals surface area (Å²) in [6, 6.07) is 7.28. The van der Waals surface area contributed by atoms with E-state index in [1.165, 1.54) is 9.78 Å². The smallest absolute Gasteiger partial charge is 0.231 e. The number of aromatic nitrogens is 2. The second kappa shape index (κ2) is 8.57. The number of nitrogens with zero attached hydrogens (tertiary/aromatic N) is 2. The largest absolute Gasteiger partial charge is 0.438 e. The molecule has 29 heavy (non-hydrogen) atoms. The quantitative estimate of drug-likeness (QED) is 0.630. The van der Waals surface area contributed by atoms with Crippen molar-refractivity contribution in [3.8, 4) is 11.6 Å². The van der Waals surface area contributed by atoms with Crippen molar-refractivity contribution in [2.24, 2.45) is 0 Å². The van der Waals surface area contributed by atoms with E-state index in [4.69, 9.17) is 19.4 Å². The molecule has 1 fully saturated rings. The number of aryl methyl sites for hydroxylation is 2. The van der Waals surface area contributed by atoms with Crippen LogP contribution in [0.1, 0.15) is 40.0 Å². The number of Topliss-reactive ketones (excluding diaryl/α,β-unsaturated/α-hetero) is 1. The van der Waals surface area contributed by atoms with Crippen molar-refractivity contribution in [3.05, 3.63) is 46.1 Å². The van der Waals surface area contributed by atoms with Crippen LogP contribution in [-0.2, 0) is 11.3 Å². The van der Waals surface area contributed by atoms with E-state index >= 15 is 0 Å². The summed E-state index contributed by atoms with van der Waals surface area (Å²) in [7, 11) is 0. The number of benzene rings is 1. The number of morpholine rings is 1. The highest BCUT2D eigenvalue weighted by Gasteiger charge is 2.20. The number of nitrogens with one attached hydrogen (secondary N) is 1. The molecule has 1 aromatic carbocycles. The fourth-order valence-electron chi connectivity index (χ4n) is 3.49. The lowest BCUT2D eigenvalue weighted by Crippen LogP contribution is -3.12. The van der Waals surface area contributed by atoms with Crippen molar-refractivity contribution in [2.45, 2.75) is 33.7 Å². The number of thiophene rings is 1. The van der Waals surface area contributed by atoms with E-state index in [9.17, 15) is 4.79 Å². The Kier molecular flexibility index (Phi) is 5.89. The molecule has 1 aliphatic heterocycles. The number of rotatable bonds is 6. The van der Waals surface area contributed by atoms with Gasteiger partial charge in [0.15, 0.2) is 11.6 Å². The lowest BCUT2D eigenvalue weighted by Gasteiger charge is -2.23. The SMILES string of the molecule is CCC(=O)c1ccc(Oc2nc(C[NH+]3CCOCC3)nc3sc(C)c(C)c23)cc1. The molecule has 1 saturated heterocycles. The molecule has 2 aromatic heterocycles.